The van der Waals surface area contributed by atoms with E-state index in [4.69, 9.17) is 11.6 Å². The molecule has 1 aliphatic rings. The van der Waals surface area contributed by atoms with Gasteiger partial charge in [-0.1, -0.05) is 17.7 Å². The molecule has 1 saturated heterocycles. The monoisotopic (exact) mass is 270 g/mol. The number of carbonyl (C=O) groups is 1. The van der Waals surface area contributed by atoms with Crippen molar-refractivity contribution >= 4 is 17.5 Å². The summed E-state index contributed by atoms with van der Waals surface area (Å²) in [6.45, 7) is 5.12. The highest BCUT2D eigenvalue weighted by Crippen LogP contribution is 2.21. The maximum Gasteiger partial charge on any atom is 0.258 e. The molecule has 1 amide bonds. The first-order valence-electron chi connectivity index (χ1n) is 5.98. The van der Waals surface area contributed by atoms with Crippen molar-refractivity contribution < 1.29 is 9.18 Å². The molecule has 0 saturated carbocycles. The van der Waals surface area contributed by atoms with Crippen LogP contribution >= 0.6 is 11.6 Å². The molecule has 1 heterocycles. The summed E-state index contributed by atoms with van der Waals surface area (Å²) >= 11 is 5.91. The Balaban J connectivity index is 2.26. The lowest BCUT2D eigenvalue weighted by molar-refractivity contribution is 0.0669. The second-order valence-electron chi connectivity index (χ2n) is 4.78. The van der Waals surface area contributed by atoms with E-state index in [-0.39, 0.29) is 28.6 Å². The van der Waals surface area contributed by atoms with Gasteiger partial charge in [-0.05, 0) is 26.0 Å². The average Bonchev–Trinajstić information content (AvgIpc) is 2.27. The quantitative estimate of drug-likeness (QED) is 0.849. The first kappa shape index (κ1) is 13.3. The first-order valence-corrected chi connectivity index (χ1v) is 6.36. The lowest BCUT2D eigenvalue weighted by Gasteiger charge is -2.36. The highest BCUT2D eigenvalue weighted by molar-refractivity contribution is 6.33. The number of piperazine rings is 1. The molecular weight excluding hydrogens is 255 g/mol. The summed E-state index contributed by atoms with van der Waals surface area (Å²) in [5.74, 6) is -0.898. The second kappa shape index (κ2) is 5.24. The molecule has 18 heavy (non-hydrogen) atoms. The van der Waals surface area contributed by atoms with Gasteiger partial charge in [-0.2, -0.15) is 0 Å². The van der Waals surface area contributed by atoms with Gasteiger partial charge in [-0.25, -0.2) is 4.39 Å². The molecule has 0 bridgehead atoms. The molecule has 2 rings (SSSR count). The van der Waals surface area contributed by atoms with E-state index >= 15 is 0 Å². The number of rotatable bonds is 1. The summed E-state index contributed by atoms with van der Waals surface area (Å²) in [5, 5.41) is 3.49. The predicted molar refractivity (Wildman–Crippen MR) is 69.4 cm³/mol. The highest BCUT2D eigenvalue weighted by Gasteiger charge is 2.28. The summed E-state index contributed by atoms with van der Waals surface area (Å²) in [6.07, 6.45) is 0. The maximum atomic E-state index is 13.7. The number of hydrogen-bond acceptors (Lipinski definition) is 2. The zero-order valence-corrected chi connectivity index (χ0v) is 11.2. The summed E-state index contributed by atoms with van der Waals surface area (Å²) < 4.78 is 13.7. The van der Waals surface area contributed by atoms with Gasteiger partial charge in [0.15, 0.2) is 0 Å². The minimum atomic E-state index is -0.564. The van der Waals surface area contributed by atoms with Crippen LogP contribution in [0.25, 0.3) is 0 Å². The first-order chi connectivity index (χ1) is 8.49. The fraction of sp³-hybridized carbons (Fsp3) is 0.462. The van der Waals surface area contributed by atoms with Gasteiger partial charge < -0.3 is 10.2 Å². The Hall–Kier alpha value is -1.13. The van der Waals surface area contributed by atoms with Crippen molar-refractivity contribution in [2.24, 2.45) is 0 Å². The van der Waals surface area contributed by atoms with E-state index in [0.29, 0.717) is 13.1 Å². The molecule has 2 atom stereocenters. The number of benzene rings is 1. The summed E-state index contributed by atoms with van der Waals surface area (Å²) in [5.41, 5.74) is -0.0273. The van der Waals surface area contributed by atoms with Crippen molar-refractivity contribution in [1.29, 1.82) is 0 Å². The Morgan fingerprint density at radius 3 is 2.56 bits per heavy atom. The fourth-order valence-corrected chi connectivity index (χ4v) is 2.60. The van der Waals surface area contributed by atoms with Gasteiger partial charge in [0.25, 0.3) is 5.91 Å². The van der Waals surface area contributed by atoms with E-state index in [1.54, 1.807) is 4.90 Å². The van der Waals surface area contributed by atoms with Crippen LogP contribution in [0, 0.1) is 5.82 Å². The van der Waals surface area contributed by atoms with Crippen LogP contribution in [0.5, 0.6) is 0 Å². The van der Waals surface area contributed by atoms with E-state index in [1.807, 2.05) is 13.8 Å². The zero-order chi connectivity index (χ0) is 13.3. The molecular formula is C13H16ClFN2O. The van der Waals surface area contributed by atoms with Crippen molar-refractivity contribution in [2.75, 3.05) is 13.1 Å². The van der Waals surface area contributed by atoms with Crippen LogP contribution in [0.2, 0.25) is 5.02 Å². The standard InChI is InChI=1S/C13H16ClFN2O/c1-8-6-17(7-9(2)16-8)13(18)12-10(14)4-3-5-11(12)15/h3-5,8-9,16H,6-7H2,1-2H3. The average molecular weight is 271 g/mol. The van der Waals surface area contributed by atoms with Crippen LogP contribution in [0.4, 0.5) is 4.39 Å². The molecule has 2 unspecified atom stereocenters. The molecule has 5 heteroatoms. The number of nitrogens with one attached hydrogen (secondary N) is 1. The molecule has 0 spiro atoms. The largest absolute Gasteiger partial charge is 0.335 e. The van der Waals surface area contributed by atoms with Crippen molar-refractivity contribution in [3.63, 3.8) is 0 Å². The molecule has 0 radical (unpaired) electrons. The molecule has 1 fully saturated rings. The Morgan fingerprint density at radius 1 is 1.39 bits per heavy atom. The molecule has 1 aromatic carbocycles. The molecule has 0 aliphatic carbocycles. The third kappa shape index (κ3) is 2.65. The minimum Gasteiger partial charge on any atom is -0.335 e. The third-order valence-corrected chi connectivity index (χ3v) is 3.34. The second-order valence-corrected chi connectivity index (χ2v) is 5.18. The van der Waals surface area contributed by atoms with Gasteiger partial charge >= 0.3 is 0 Å². The minimum absolute atomic E-state index is 0.0273. The molecule has 1 N–H and O–H groups in total. The number of amides is 1. The molecule has 1 aliphatic heterocycles. The third-order valence-electron chi connectivity index (χ3n) is 3.02. The summed E-state index contributed by atoms with van der Waals surface area (Å²) in [6, 6.07) is 4.69. The van der Waals surface area contributed by atoms with Crippen LogP contribution in [0.3, 0.4) is 0 Å². The molecule has 3 nitrogen and oxygen atoms in total. The summed E-state index contributed by atoms with van der Waals surface area (Å²) in [7, 11) is 0. The zero-order valence-electron chi connectivity index (χ0n) is 10.4. The summed E-state index contributed by atoms with van der Waals surface area (Å²) in [4.78, 5) is 14.0. The smallest absolute Gasteiger partial charge is 0.258 e. The Labute approximate surface area is 111 Å². The Kier molecular flexibility index (Phi) is 3.88. The fourth-order valence-electron chi connectivity index (χ4n) is 2.35. The van der Waals surface area contributed by atoms with E-state index in [0.717, 1.165) is 0 Å². The van der Waals surface area contributed by atoms with Gasteiger partial charge in [0.05, 0.1) is 10.6 Å². The van der Waals surface area contributed by atoms with Crippen LogP contribution in [0.1, 0.15) is 24.2 Å². The van der Waals surface area contributed by atoms with Gasteiger partial charge in [0.1, 0.15) is 5.82 Å². The van der Waals surface area contributed by atoms with Crippen LogP contribution in [0.15, 0.2) is 18.2 Å². The lowest BCUT2D eigenvalue weighted by atomic mass is 10.1. The van der Waals surface area contributed by atoms with Crippen LogP contribution in [-0.4, -0.2) is 36.0 Å². The van der Waals surface area contributed by atoms with Crippen molar-refractivity contribution in [3.8, 4) is 0 Å². The van der Waals surface area contributed by atoms with E-state index < -0.39 is 5.82 Å². The van der Waals surface area contributed by atoms with Gasteiger partial charge in [0.2, 0.25) is 0 Å². The molecule has 0 aromatic heterocycles. The van der Waals surface area contributed by atoms with E-state index in [1.165, 1.54) is 18.2 Å². The van der Waals surface area contributed by atoms with Crippen LogP contribution in [-0.2, 0) is 0 Å². The van der Waals surface area contributed by atoms with E-state index in [9.17, 15) is 9.18 Å². The van der Waals surface area contributed by atoms with Crippen molar-refractivity contribution in [1.82, 2.24) is 10.2 Å². The van der Waals surface area contributed by atoms with E-state index in [2.05, 4.69) is 5.32 Å². The maximum absolute atomic E-state index is 13.7. The van der Waals surface area contributed by atoms with Gasteiger partial charge in [0, 0.05) is 25.2 Å². The Morgan fingerprint density at radius 2 is 2.00 bits per heavy atom. The van der Waals surface area contributed by atoms with Gasteiger partial charge in [-0.15, -0.1) is 0 Å². The SMILES string of the molecule is CC1CN(C(=O)c2c(F)cccc2Cl)CC(C)N1. The Bertz CT molecular complexity index is 436. The normalized spacial score (nSPS) is 24.1. The molecule has 1 aromatic rings. The number of halogens is 2. The topological polar surface area (TPSA) is 32.3 Å². The van der Waals surface area contributed by atoms with Crippen LogP contribution < -0.4 is 5.32 Å². The lowest BCUT2D eigenvalue weighted by Crippen LogP contribution is -2.56. The van der Waals surface area contributed by atoms with Crippen molar-refractivity contribution in [2.45, 2.75) is 25.9 Å². The highest BCUT2D eigenvalue weighted by atomic mass is 35.5. The number of nitrogens with zero attached hydrogens (tertiary/aromatic N) is 1. The predicted octanol–water partition coefficient (Wildman–Crippen LogP) is 2.30. The molecule has 98 valence electrons. The van der Waals surface area contributed by atoms with Crippen molar-refractivity contribution in [3.05, 3.63) is 34.6 Å². The number of carbonyl (C=O) groups excluding carboxylic acids is 1. The van der Waals surface area contributed by atoms with Gasteiger partial charge in [-0.3, -0.25) is 4.79 Å². The number of hydrogen-bond donors (Lipinski definition) is 1.